The van der Waals surface area contributed by atoms with Crippen molar-refractivity contribution in [3.05, 3.63) is 35.4 Å². The fraction of sp³-hybridized carbons (Fsp3) is 0.533. The second-order valence-corrected chi connectivity index (χ2v) is 5.32. The Balaban J connectivity index is 2.20. The summed E-state index contributed by atoms with van der Waals surface area (Å²) in [6.45, 7) is 4.19. The fourth-order valence-electron chi connectivity index (χ4n) is 2.94. The molecule has 2 rings (SSSR count). The van der Waals surface area contributed by atoms with Gasteiger partial charge in [0.1, 0.15) is 0 Å². The number of hydrogen-bond donors (Lipinski definition) is 1. The Morgan fingerprint density at radius 3 is 2.41 bits per heavy atom. The van der Waals surface area contributed by atoms with Gasteiger partial charge in [-0.2, -0.15) is 0 Å². The van der Waals surface area contributed by atoms with Gasteiger partial charge in [-0.1, -0.05) is 49.6 Å². The van der Waals surface area contributed by atoms with E-state index in [0.29, 0.717) is 5.92 Å². The normalized spacial score (nSPS) is 27.5. The van der Waals surface area contributed by atoms with Crippen molar-refractivity contribution in [2.75, 3.05) is 0 Å². The van der Waals surface area contributed by atoms with Crippen LogP contribution < -0.4 is 0 Å². The van der Waals surface area contributed by atoms with Gasteiger partial charge in [0.2, 0.25) is 0 Å². The maximum atomic E-state index is 11.5. The molecule has 2 nitrogen and oxygen atoms in total. The number of benzene rings is 1. The molecule has 0 atom stereocenters. The van der Waals surface area contributed by atoms with E-state index in [1.165, 1.54) is 5.56 Å². The molecule has 0 bridgehead atoms. The molecule has 1 N–H and O–H groups in total. The van der Waals surface area contributed by atoms with Crippen LogP contribution in [0.2, 0.25) is 0 Å². The quantitative estimate of drug-likeness (QED) is 0.862. The molecular formula is C15H20O2. The minimum Gasteiger partial charge on any atom is -0.481 e. The molecule has 2 heteroatoms. The third-order valence-electron chi connectivity index (χ3n) is 3.98. The van der Waals surface area contributed by atoms with Gasteiger partial charge in [-0.3, -0.25) is 4.79 Å². The Morgan fingerprint density at radius 1 is 1.35 bits per heavy atom. The number of aryl methyl sites for hydroxylation is 1. The summed E-state index contributed by atoms with van der Waals surface area (Å²) in [6, 6.07) is 7.97. The van der Waals surface area contributed by atoms with Gasteiger partial charge in [-0.15, -0.1) is 0 Å². The molecule has 1 aromatic carbocycles. The minimum atomic E-state index is -0.659. The average Bonchev–Trinajstić information content (AvgIpc) is 2.24. The number of aliphatic carboxylic acids is 1. The van der Waals surface area contributed by atoms with Gasteiger partial charge in [0, 0.05) is 0 Å². The largest absolute Gasteiger partial charge is 0.481 e. The van der Waals surface area contributed by atoms with Crippen LogP contribution in [0, 0.1) is 12.8 Å². The van der Waals surface area contributed by atoms with Crippen LogP contribution in [0.25, 0.3) is 0 Å². The van der Waals surface area contributed by atoms with Gasteiger partial charge in [0.15, 0.2) is 0 Å². The Hall–Kier alpha value is -1.31. The maximum Gasteiger partial charge on any atom is 0.314 e. The van der Waals surface area contributed by atoms with Crippen LogP contribution in [0.1, 0.15) is 43.7 Å². The molecule has 1 aliphatic carbocycles. The summed E-state index contributed by atoms with van der Waals surface area (Å²) in [6.07, 6.45) is 3.91. The van der Waals surface area contributed by atoms with Crippen LogP contribution >= 0.6 is 0 Å². The lowest BCUT2D eigenvalue weighted by atomic mass is 9.57. The Morgan fingerprint density at radius 2 is 1.94 bits per heavy atom. The standard InChI is InChI=1S/C15H20O2/c1-3-4-12-9-15(10-12,14(16)17)13-7-5-11(2)6-8-13/h5-8,12H,3-4,9-10H2,1-2H3,(H,16,17). The van der Waals surface area contributed by atoms with E-state index >= 15 is 0 Å². The number of carbonyl (C=O) groups is 1. The molecule has 1 aromatic rings. The van der Waals surface area contributed by atoms with E-state index in [4.69, 9.17) is 0 Å². The first-order valence-corrected chi connectivity index (χ1v) is 6.39. The Bertz CT molecular complexity index is 399. The van der Waals surface area contributed by atoms with Gasteiger partial charge in [0.25, 0.3) is 0 Å². The maximum absolute atomic E-state index is 11.5. The van der Waals surface area contributed by atoms with Crippen molar-refractivity contribution in [3.63, 3.8) is 0 Å². The molecule has 1 saturated carbocycles. The van der Waals surface area contributed by atoms with Crippen LogP contribution in [-0.4, -0.2) is 11.1 Å². The second-order valence-electron chi connectivity index (χ2n) is 5.32. The highest BCUT2D eigenvalue weighted by molar-refractivity contribution is 5.82. The third-order valence-corrected chi connectivity index (χ3v) is 3.98. The van der Waals surface area contributed by atoms with Crippen LogP contribution in [0.5, 0.6) is 0 Å². The van der Waals surface area contributed by atoms with Crippen molar-refractivity contribution in [1.82, 2.24) is 0 Å². The third kappa shape index (κ3) is 2.08. The van der Waals surface area contributed by atoms with Gasteiger partial charge in [-0.25, -0.2) is 0 Å². The molecule has 92 valence electrons. The van der Waals surface area contributed by atoms with Gasteiger partial charge < -0.3 is 5.11 Å². The molecule has 0 aromatic heterocycles. The van der Waals surface area contributed by atoms with Crippen molar-refractivity contribution >= 4 is 5.97 Å². The first kappa shape index (κ1) is 12.2. The highest BCUT2D eigenvalue weighted by atomic mass is 16.4. The predicted octanol–water partition coefficient (Wildman–Crippen LogP) is 3.53. The van der Waals surface area contributed by atoms with E-state index in [9.17, 15) is 9.90 Å². The average molecular weight is 232 g/mol. The number of hydrogen-bond acceptors (Lipinski definition) is 1. The van der Waals surface area contributed by atoms with Crippen molar-refractivity contribution < 1.29 is 9.90 Å². The molecule has 0 amide bonds. The molecule has 0 spiro atoms. The van der Waals surface area contributed by atoms with E-state index in [1.54, 1.807) is 0 Å². The Kier molecular flexibility index (Phi) is 3.23. The first-order chi connectivity index (χ1) is 8.08. The summed E-state index contributed by atoms with van der Waals surface area (Å²) >= 11 is 0. The molecule has 0 heterocycles. The molecule has 17 heavy (non-hydrogen) atoms. The highest BCUT2D eigenvalue weighted by Gasteiger charge is 2.50. The highest BCUT2D eigenvalue weighted by Crippen LogP contribution is 2.49. The lowest BCUT2D eigenvalue weighted by Crippen LogP contribution is -2.47. The topological polar surface area (TPSA) is 37.3 Å². The summed E-state index contributed by atoms with van der Waals surface area (Å²) in [5.74, 6) is -0.0638. The smallest absolute Gasteiger partial charge is 0.314 e. The van der Waals surface area contributed by atoms with Gasteiger partial charge in [-0.05, 0) is 31.2 Å². The van der Waals surface area contributed by atoms with E-state index < -0.39 is 11.4 Å². The van der Waals surface area contributed by atoms with Gasteiger partial charge >= 0.3 is 5.97 Å². The molecule has 0 aliphatic heterocycles. The fourth-order valence-corrected chi connectivity index (χ4v) is 2.94. The molecule has 0 radical (unpaired) electrons. The zero-order valence-electron chi connectivity index (χ0n) is 10.6. The first-order valence-electron chi connectivity index (χ1n) is 6.39. The lowest BCUT2D eigenvalue weighted by molar-refractivity contribution is -0.150. The van der Waals surface area contributed by atoms with Crippen LogP contribution in [0.4, 0.5) is 0 Å². The lowest BCUT2D eigenvalue weighted by Gasteiger charge is -2.45. The number of carboxylic acids is 1. The zero-order valence-corrected chi connectivity index (χ0v) is 10.6. The summed E-state index contributed by atoms with van der Waals surface area (Å²) in [7, 11) is 0. The van der Waals surface area contributed by atoms with E-state index in [-0.39, 0.29) is 0 Å². The number of rotatable bonds is 4. The summed E-state index contributed by atoms with van der Waals surface area (Å²) in [5, 5.41) is 9.49. The van der Waals surface area contributed by atoms with E-state index in [1.807, 2.05) is 31.2 Å². The monoisotopic (exact) mass is 232 g/mol. The Labute approximate surface area is 103 Å². The molecule has 1 aliphatic rings. The predicted molar refractivity (Wildman–Crippen MR) is 68.1 cm³/mol. The van der Waals surface area contributed by atoms with Crippen LogP contribution in [0.3, 0.4) is 0 Å². The number of carboxylic acid groups (broad SMARTS) is 1. The SMILES string of the molecule is CCCC1CC(C(=O)O)(c2ccc(C)cc2)C1. The van der Waals surface area contributed by atoms with E-state index in [2.05, 4.69) is 6.92 Å². The molecule has 0 saturated heterocycles. The molecule has 1 fully saturated rings. The van der Waals surface area contributed by atoms with Crippen molar-refractivity contribution in [2.45, 2.75) is 44.9 Å². The van der Waals surface area contributed by atoms with Crippen molar-refractivity contribution in [3.8, 4) is 0 Å². The van der Waals surface area contributed by atoms with Crippen molar-refractivity contribution in [1.29, 1.82) is 0 Å². The second kappa shape index (κ2) is 4.52. The summed E-state index contributed by atoms with van der Waals surface area (Å²) < 4.78 is 0. The molecule has 0 unspecified atom stereocenters. The van der Waals surface area contributed by atoms with Crippen LogP contribution in [0.15, 0.2) is 24.3 Å². The van der Waals surface area contributed by atoms with Crippen LogP contribution in [-0.2, 0) is 10.2 Å². The van der Waals surface area contributed by atoms with Crippen molar-refractivity contribution in [2.24, 2.45) is 5.92 Å². The minimum absolute atomic E-state index is 0.595. The molecular weight excluding hydrogens is 212 g/mol. The zero-order chi connectivity index (χ0) is 12.5. The van der Waals surface area contributed by atoms with Gasteiger partial charge in [0.05, 0.1) is 5.41 Å². The summed E-state index contributed by atoms with van der Waals surface area (Å²) in [5.41, 5.74) is 1.55. The van der Waals surface area contributed by atoms with E-state index in [0.717, 1.165) is 31.2 Å². The summed E-state index contributed by atoms with van der Waals surface area (Å²) in [4.78, 5) is 11.5.